The zero-order valence-electron chi connectivity index (χ0n) is 17.8. The molecule has 1 aromatic carbocycles. The van der Waals surface area contributed by atoms with Crippen molar-refractivity contribution in [2.75, 3.05) is 54.6 Å². The number of hydrogen-bond donors (Lipinski definition) is 0. The number of likely N-dealkylation sites (tertiary alicyclic amines) is 1. The van der Waals surface area contributed by atoms with Gasteiger partial charge in [-0.1, -0.05) is 12.1 Å². The fourth-order valence-electron chi connectivity index (χ4n) is 4.04. The maximum absolute atomic E-state index is 13.3. The van der Waals surface area contributed by atoms with E-state index in [1.807, 2.05) is 36.2 Å². The largest absolute Gasteiger partial charge is 0.497 e. The fourth-order valence-corrected chi connectivity index (χ4v) is 4.04. The second-order valence-corrected chi connectivity index (χ2v) is 7.71. The molecule has 1 aromatic rings. The second-order valence-electron chi connectivity index (χ2n) is 7.71. The molecule has 0 radical (unpaired) electrons. The quantitative estimate of drug-likeness (QED) is 0.489. The molecule has 3 rings (SSSR count). The van der Waals surface area contributed by atoms with Gasteiger partial charge in [0.05, 0.1) is 12.7 Å². The molecule has 0 aliphatic carbocycles. The van der Waals surface area contributed by atoms with Crippen LogP contribution in [0.2, 0.25) is 0 Å². The smallest absolute Gasteiger partial charge is 0.277 e. The highest BCUT2D eigenvalue weighted by atomic mass is 16.5. The summed E-state index contributed by atoms with van der Waals surface area (Å²) in [5, 5.41) is 0. The number of piperidine rings is 1. The van der Waals surface area contributed by atoms with E-state index in [1.165, 1.54) is 4.90 Å². The monoisotopic (exact) mass is 401 g/mol. The number of rotatable bonds is 8. The van der Waals surface area contributed by atoms with Gasteiger partial charge < -0.3 is 19.3 Å². The van der Waals surface area contributed by atoms with E-state index in [9.17, 15) is 9.59 Å². The zero-order valence-corrected chi connectivity index (χ0v) is 17.8. The highest BCUT2D eigenvalue weighted by Gasteiger charge is 2.42. The van der Waals surface area contributed by atoms with Crippen LogP contribution in [-0.2, 0) is 14.3 Å². The van der Waals surface area contributed by atoms with Gasteiger partial charge in [0.25, 0.3) is 11.8 Å². The van der Waals surface area contributed by atoms with Crippen molar-refractivity contribution in [1.82, 2.24) is 14.7 Å². The van der Waals surface area contributed by atoms with Crippen LogP contribution in [0.1, 0.15) is 24.8 Å². The van der Waals surface area contributed by atoms with E-state index in [0.717, 1.165) is 31.5 Å². The molecular formula is C22H31N3O4. The second kappa shape index (κ2) is 9.41. The van der Waals surface area contributed by atoms with Crippen molar-refractivity contribution in [2.45, 2.75) is 25.3 Å². The molecule has 0 N–H and O–H groups in total. The van der Waals surface area contributed by atoms with Gasteiger partial charge in [0.1, 0.15) is 11.4 Å². The Balaban J connectivity index is 1.95. The molecule has 1 saturated heterocycles. The first-order valence-corrected chi connectivity index (χ1v) is 10.1. The standard InChI is InChI=1S/C22H31N3O4/c1-23-13-10-17(11-14-23)24(2)20-19(16-6-8-18(29-4)9-7-16)21(26)25(22(20)27)12-5-15-28-3/h6-9,17H,5,10-15H2,1-4H3. The molecule has 158 valence electrons. The van der Waals surface area contributed by atoms with E-state index >= 15 is 0 Å². The van der Waals surface area contributed by atoms with Crippen molar-refractivity contribution in [2.24, 2.45) is 0 Å². The summed E-state index contributed by atoms with van der Waals surface area (Å²) >= 11 is 0. The summed E-state index contributed by atoms with van der Waals surface area (Å²) in [7, 11) is 7.28. The van der Waals surface area contributed by atoms with Gasteiger partial charge in [-0.3, -0.25) is 14.5 Å². The van der Waals surface area contributed by atoms with Gasteiger partial charge in [0.2, 0.25) is 0 Å². The number of methoxy groups -OCH3 is 2. The molecule has 7 heteroatoms. The average Bonchev–Trinajstić information content (AvgIpc) is 2.98. The van der Waals surface area contributed by atoms with E-state index < -0.39 is 0 Å². The number of nitrogens with zero attached hydrogens (tertiary/aromatic N) is 3. The summed E-state index contributed by atoms with van der Waals surface area (Å²) in [6, 6.07) is 7.58. The first kappa shape index (κ1) is 21.3. The molecule has 0 unspecified atom stereocenters. The lowest BCUT2D eigenvalue weighted by molar-refractivity contribution is -0.137. The predicted octanol–water partition coefficient (Wildman–Crippen LogP) is 1.84. The molecule has 7 nitrogen and oxygen atoms in total. The topological polar surface area (TPSA) is 62.3 Å². The Labute approximate surface area is 172 Å². The average molecular weight is 402 g/mol. The fraction of sp³-hybridized carbons (Fsp3) is 0.545. The van der Waals surface area contributed by atoms with E-state index in [-0.39, 0.29) is 17.9 Å². The maximum Gasteiger partial charge on any atom is 0.277 e. The van der Waals surface area contributed by atoms with Gasteiger partial charge in [0.15, 0.2) is 0 Å². The van der Waals surface area contributed by atoms with Gasteiger partial charge in [-0.05, 0) is 57.1 Å². The number of benzene rings is 1. The number of ether oxygens (including phenoxy) is 2. The van der Waals surface area contributed by atoms with E-state index in [1.54, 1.807) is 14.2 Å². The van der Waals surface area contributed by atoms with Crippen molar-refractivity contribution < 1.29 is 19.1 Å². The highest BCUT2D eigenvalue weighted by Crippen LogP contribution is 2.34. The predicted molar refractivity (Wildman–Crippen MR) is 111 cm³/mol. The van der Waals surface area contributed by atoms with Crippen molar-refractivity contribution in [3.05, 3.63) is 35.5 Å². The molecule has 0 aromatic heterocycles. The highest BCUT2D eigenvalue weighted by molar-refractivity contribution is 6.35. The summed E-state index contributed by atoms with van der Waals surface area (Å²) in [5.74, 6) is 0.276. The number of amides is 2. The SMILES string of the molecule is COCCCN1C(=O)C(c2ccc(OC)cc2)=C(N(C)C2CCN(C)CC2)C1=O. The molecule has 1 fully saturated rings. The summed E-state index contributed by atoms with van der Waals surface area (Å²) in [4.78, 5) is 32.2. The van der Waals surface area contributed by atoms with E-state index in [4.69, 9.17) is 9.47 Å². The van der Waals surface area contributed by atoms with Crippen LogP contribution in [0.15, 0.2) is 30.0 Å². The van der Waals surface area contributed by atoms with Gasteiger partial charge in [0, 0.05) is 33.4 Å². The zero-order chi connectivity index (χ0) is 21.0. The number of imide groups is 1. The Morgan fingerprint density at radius 2 is 1.72 bits per heavy atom. The van der Waals surface area contributed by atoms with Gasteiger partial charge in [-0.2, -0.15) is 0 Å². The van der Waals surface area contributed by atoms with Crippen LogP contribution in [0.5, 0.6) is 5.75 Å². The third-order valence-electron chi connectivity index (χ3n) is 5.84. The number of hydrogen-bond acceptors (Lipinski definition) is 6. The summed E-state index contributed by atoms with van der Waals surface area (Å²) in [5.41, 5.74) is 1.73. The third kappa shape index (κ3) is 4.46. The van der Waals surface area contributed by atoms with Gasteiger partial charge in [-0.25, -0.2) is 0 Å². The minimum Gasteiger partial charge on any atom is -0.497 e. The van der Waals surface area contributed by atoms with E-state index in [0.29, 0.717) is 36.6 Å². The number of carbonyl (C=O) groups is 2. The molecule has 2 heterocycles. The lowest BCUT2D eigenvalue weighted by atomic mass is 10.00. The Morgan fingerprint density at radius 1 is 1.07 bits per heavy atom. The maximum atomic E-state index is 13.3. The number of carbonyl (C=O) groups excluding carboxylic acids is 2. The van der Waals surface area contributed by atoms with Crippen LogP contribution >= 0.6 is 0 Å². The van der Waals surface area contributed by atoms with Crippen molar-refractivity contribution in [3.63, 3.8) is 0 Å². The van der Waals surface area contributed by atoms with Crippen molar-refractivity contribution >= 4 is 17.4 Å². The van der Waals surface area contributed by atoms with Gasteiger partial charge in [-0.15, -0.1) is 0 Å². The Hall–Kier alpha value is -2.38. The molecule has 2 aliphatic rings. The van der Waals surface area contributed by atoms with Gasteiger partial charge >= 0.3 is 0 Å². The lowest BCUT2D eigenvalue weighted by Crippen LogP contribution is -2.43. The molecular weight excluding hydrogens is 370 g/mol. The molecule has 0 spiro atoms. The third-order valence-corrected chi connectivity index (χ3v) is 5.84. The Kier molecular flexibility index (Phi) is 6.92. The lowest BCUT2D eigenvalue weighted by Gasteiger charge is -2.36. The molecule has 0 saturated carbocycles. The molecule has 2 amide bonds. The first-order valence-electron chi connectivity index (χ1n) is 10.1. The molecule has 0 bridgehead atoms. The van der Waals surface area contributed by atoms with Crippen LogP contribution in [0.3, 0.4) is 0 Å². The summed E-state index contributed by atoms with van der Waals surface area (Å²) in [6.45, 7) is 2.84. The summed E-state index contributed by atoms with van der Waals surface area (Å²) < 4.78 is 10.3. The Bertz CT molecular complexity index is 767. The van der Waals surface area contributed by atoms with E-state index in [2.05, 4.69) is 11.9 Å². The normalized spacial score (nSPS) is 18.7. The van der Waals surface area contributed by atoms with Crippen LogP contribution in [0.4, 0.5) is 0 Å². The summed E-state index contributed by atoms with van der Waals surface area (Å²) in [6.07, 6.45) is 2.56. The van der Waals surface area contributed by atoms with Crippen LogP contribution in [-0.4, -0.2) is 87.1 Å². The minimum absolute atomic E-state index is 0.210. The number of likely N-dealkylation sites (N-methyl/N-ethyl adjacent to an activating group) is 1. The van der Waals surface area contributed by atoms with Crippen LogP contribution < -0.4 is 4.74 Å². The van der Waals surface area contributed by atoms with Crippen molar-refractivity contribution in [1.29, 1.82) is 0 Å². The molecule has 29 heavy (non-hydrogen) atoms. The van der Waals surface area contributed by atoms with Crippen LogP contribution in [0.25, 0.3) is 5.57 Å². The van der Waals surface area contributed by atoms with Crippen LogP contribution in [0, 0.1) is 0 Å². The minimum atomic E-state index is -0.231. The van der Waals surface area contributed by atoms with Crippen molar-refractivity contribution in [3.8, 4) is 5.75 Å². The Morgan fingerprint density at radius 3 is 2.31 bits per heavy atom. The first-order chi connectivity index (χ1) is 14.0. The molecule has 2 aliphatic heterocycles. The molecule has 0 atom stereocenters.